The van der Waals surface area contributed by atoms with Crippen LogP contribution in [0.2, 0.25) is 0 Å². The van der Waals surface area contributed by atoms with Crippen LogP contribution in [-0.4, -0.2) is 16.1 Å². The van der Waals surface area contributed by atoms with Crippen molar-refractivity contribution in [1.82, 2.24) is 14.9 Å². The fraction of sp³-hybridized carbons (Fsp3) is 0.357. The Hall–Kier alpha value is -1.13. The van der Waals surface area contributed by atoms with Crippen LogP contribution in [0.1, 0.15) is 25.2 Å². The molecule has 0 aliphatic heterocycles. The van der Waals surface area contributed by atoms with Gasteiger partial charge < -0.3 is 9.88 Å². The lowest BCUT2D eigenvalue weighted by atomic mass is 10.1. The second-order valence-corrected chi connectivity index (χ2v) is 5.04. The maximum absolute atomic E-state index is 4.39. The van der Waals surface area contributed by atoms with E-state index in [9.17, 15) is 0 Å². The molecule has 4 heteroatoms. The van der Waals surface area contributed by atoms with E-state index in [0.717, 1.165) is 29.8 Å². The monoisotopic (exact) mass is 307 g/mol. The van der Waals surface area contributed by atoms with Gasteiger partial charge in [0.25, 0.3) is 0 Å². The van der Waals surface area contributed by atoms with Gasteiger partial charge in [-0.25, -0.2) is 4.98 Å². The maximum Gasteiger partial charge on any atom is 0.112 e. The van der Waals surface area contributed by atoms with Crippen molar-refractivity contribution < 1.29 is 0 Å². The Morgan fingerprint density at radius 2 is 2.17 bits per heavy atom. The molecular formula is C14H18BrN3. The molecule has 0 aliphatic carbocycles. The second-order valence-electron chi connectivity index (χ2n) is 4.12. The molecule has 96 valence electrons. The third-order valence-electron chi connectivity index (χ3n) is 2.90. The molecule has 1 aromatic carbocycles. The van der Waals surface area contributed by atoms with Crippen LogP contribution in [-0.2, 0) is 13.0 Å². The zero-order chi connectivity index (χ0) is 13.0. The zero-order valence-corrected chi connectivity index (χ0v) is 12.4. The standard InChI is InChI=1S/C14H18BrN3/c1-3-14-17-7-8-18(14)13-6-5-12(15)9-11(13)10-16-4-2/h5-9,16H,3-4,10H2,1-2H3. The van der Waals surface area contributed by atoms with E-state index in [0.29, 0.717) is 0 Å². The lowest BCUT2D eigenvalue weighted by Gasteiger charge is -2.13. The van der Waals surface area contributed by atoms with Crippen LogP contribution in [0.25, 0.3) is 5.69 Å². The Kier molecular flexibility index (Phi) is 4.55. The van der Waals surface area contributed by atoms with E-state index in [4.69, 9.17) is 0 Å². The molecule has 2 rings (SSSR count). The number of benzene rings is 1. The normalized spacial score (nSPS) is 10.8. The number of hydrogen-bond acceptors (Lipinski definition) is 2. The summed E-state index contributed by atoms with van der Waals surface area (Å²) in [5.41, 5.74) is 2.48. The topological polar surface area (TPSA) is 29.9 Å². The molecule has 0 radical (unpaired) electrons. The van der Waals surface area contributed by atoms with Gasteiger partial charge in [0.2, 0.25) is 0 Å². The third kappa shape index (κ3) is 2.82. The molecule has 0 saturated heterocycles. The van der Waals surface area contributed by atoms with Crippen molar-refractivity contribution in [3.63, 3.8) is 0 Å². The van der Waals surface area contributed by atoms with Crippen molar-refractivity contribution in [2.24, 2.45) is 0 Å². The Labute approximate surface area is 116 Å². The number of aromatic nitrogens is 2. The van der Waals surface area contributed by atoms with E-state index in [2.05, 4.69) is 62.8 Å². The van der Waals surface area contributed by atoms with Gasteiger partial charge in [-0.15, -0.1) is 0 Å². The smallest absolute Gasteiger partial charge is 0.112 e. The molecule has 0 fully saturated rings. The highest BCUT2D eigenvalue weighted by Crippen LogP contribution is 2.21. The fourth-order valence-corrected chi connectivity index (χ4v) is 2.41. The largest absolute Gasteiger partial charge is 0.313 e. The summed E-state index contributed by atoms with van der Waals surface area (Å²) in [6.07, 6.45) is 4.82. The Morgan fingerprint density at radius 3 is 2.89 bits per heavy atom. The molecule has 0 saturated carbocycles. The van der Waals surface area contributed by atoms with Gasteiger partial charge in [0.1, 0.15) is 5.82 Å². The summed E-state index contributed by atoms with van der Waals surface area (Å²) >= 11 is 3.53. The molecule has 0 atom stereocenters. The molecule has 0 bridgehead atoms. The predicted octanol–water partition coefficient (Wildman–Crippen LogP) is 3.31. The van der Waals surface area contributed by atoms with Crippen molar-refractivity contribution in [3.8, 4) is 5.69 Å². The van der Waals surface area contributed by atoms with E-state index in [1.807, 2.05) is 12.4 Å². The first-order valence-corrected chi connectivity index (χ1v) is 7.07. The number of halogens is 1. The number of hydrogen-bond donors (Lipinski definition) is 1. The van der Waals surface area contributed by atoms with Crippen molar-refractivity contribution >= 4 is 15.9 Å². The van der Waals surface area contributed by atoms with Gasteiger partial charge in [0.05, 0.1) is 5.69 Å². The molecule has 18 heavy (non-hydrogen) atoms. The van der Waals surface area contributed by atoms with Crippen LogP contribution in [0.3, 0.4) is 0 Å². The molecule has 0 aliphatic rings. The van der Waals surface area contributed by atoms with E-state index in [-0.39, 0.29) is 0 Å². The number of nitrogens with one attached hydrogen (secondary N) is 1. The predicted molar refractivity (Wildman–Crippen MR) is 78.0 cm³/mol. The Morgan fingerprint density at radius 1 is 1.33 bits per heavy atom. The second kappa shape index (κ2) is 6.16. The highest BCUT2D eigenvalue weighted by atomic mass is 79.9. The van der Waals surface area contributed by atoms with E-state index < -0.39 is 0 Å². The Balaban J connectivity index is 2.43. The number of nitrogens with zero attached hydrogens (tertiary/aromatic N) is 2. The lowest BCUT2D eigenvalue weighted by Crippen LogP contribution is -2.14. The van der Waals surface area contributed by atoms with Crippen molar-refractivity contribution in [2.45, 2.75) is 26.8 Å². The summed E-state index contributed by atoms with van der Waals surface area (Å²) in [6, 6.07) is 6.37. The quantitative estimate of drug-likeness (QED) is 0.918. The minimum absolute atomic E-state index is 0.868. The van der Waals surface area contributed by atoms with Crippen LogP contribution >= 0.6 is 15.9 Å². The first-order chi connectivity index (χ1) is 8.76. The van der Waals surface area contributed by atoms with Crippen molar-refractivity contribution in [1.29, 1.82) is 0 Å². The van der Waals surface area contributed by atoms with Gasteiger partial charge in [-0.1, -0.05) is 29.8 Å². The highest BCUT2D eigenvalue weighted by Gasteiger charge is 2.08. The molecule has 0 amide bonds. The summed E-state index contributed by atoms with van der Waals surface area (Å²) in [5.74, 6) is 1.09. The maximum atomic E-state index is 4.39. The summed E-state index contributed by atoms with van der Waals surface area (Å²) in [5, 5.41) is 3.38. The SMILES string of the molecule is CCNCc1cc(Br)ccc1-n1ccnc1CC. The number of imidazole rings is 1. The number of aryl methyl sites for hydroxylation is 1. The van der Waals surface area contributed by atoms with Gasteiger partial charge in [-0.05, 0) is 30.3 Å². The van der Waals surface area contributed by atoms with Gasteiger partial charge >= 0.3 is 0 Å². The summed E-state index contributed by atoms with van der Waals surface area (Å²) in [4.78, 5) is 4.39. The van der Waals surface area contributed by atoms with E-state index >= 15 is 0 Å². The van der Waals surface area contributed by atoms with Crippen LogP contribution < -0.4 is 5.32 Å². The average molecular weight is 308 g/mol. The van der Waals surface area contributed by atoms with Gasteiger partial charge in [-0.3, -0.25) is 0 Å². The number of rotatable bonds is 5. The van der Waals surface area contributed by atoms with Crippen molar-refractivity contribution in [2.75, 3.05) is 6.54 Å². The molecular weight excluding hydrogens is 290 g/mol. The molecule has 1 aromatic heterocycles. The fourth-order valence-electron chi connectivity index (χ4n) is 2.01. The van der Waals surface area contributed by atoms with Gasteiger partial charge in [0, 0.05) is 29.8 Å². The van der Waals surface area contributed by atoms with Crippen LogP contribution in [0.5, 0.6) is 0 Å². The first kappa shape index (κ1) is 13.3. The molecule has 1 N–H and O–H groups in total. The molecule has 3 nitrogen and oxygen atoms in total. The molecule has 0 unspecified atom stereocenters. The third-order valence-corrected chi connectivity index (χ3v) is 3.39. The van der Waals surface area contributed by atoms with Crippen LogP contribution in [0.4, 0.5) is 0 Å². The summed E-state index contributed by atoms with van der Waals surface area (Å²) in [7, 11) is 0. The zero-order valence-electron chi connectivity index (χ0n) is 10.8. The first-order valence-electron chi connectivity index (χ1n) is 6.28. The average Bonchev–Trinajstić information content (AvgIpc) is 2.84. The van der Waals surface area contributed by atoms with Crippen molar-refractivity contribution in [3.05, 3.63) is 46.5 Å². The van der Waals surface area contributed by atoms with Crippen LogP contribution in [0, 0.1) is 0 Å². The van der Waals surface area contributed by atoms with Gasteiger partial charge in [-0.2, -0.15) is 0 Å². The summed E-state index contributed by atoms with van der Waals surface area (Å²) < 4.78 is 3.27. The minimum atomic E-state index is 0.868. The molecule has 2 aromatic rings. The van der Waals surface area contributed by atoms with Gasteiger partial charge in [0.15, 0.2) is 0 Å². The molecule has 0 spiro atoms. The summed E-state index contributed by atoms with van der Waals surface area (Å²) in [6.45, 7) is 6.08. The highest BCUT2D eigenvalue weighted by molar-refractivity contribution is 9.10. The van der Waals surface area contributed by atoms with E-state index in [1.54, 1.807) is 0 Å². The molecule has 1 heterocycles. The van der Waals surface area contributed by atoms with E-state index in [1.165, 1.54) is 11.3 Å². The van der Waals surface area contributed by atoms with Crippen LogP contribution in [0.15, 0.2) is 35.1 Å². The lowest BCUT2D eigenvalue weighted by molar-refractivity contribution is 0.719. The minimum Gasteiger partial charge on any atom is -0.313 e. The Bertz CT molecular complexity index is 520.